The molecule has 2 atom stereocenters. The average Bonchev–Trinajstić information content (AvgIpc) is 2.85. The fraction of sp³-hybridized carbons (Fsp3) is 0.667. The van der Waals surface area contributed by atoms with Crippen LogP contribution in [0.1, 0.15) is 37.7 Å². The van der Waals surface area contributed by atoms with Crippen LogP contribution in [0.5, 0.6) is 0 Å². The number of hydrogen-bond acceptors (Lipinski definition) is 4. The minimum absolute atomic E-state index is 0.00355. The first-order chi connectivity index (χ1) is 8.24. The number of hydrogen-bond donors (Lipinski definition) is 1. The lowest BCUT2D eigenvalue weighted by Gasteiger charge is -2.36. The Morgan fingerprint density at radius 3 is 3.18 bits per heavy atom. The van der Waals surface area contributed by atoms with Crippen molar-refractivity contribution in [2.45, 2.75) is 38.8 Å². The number of carbonyl (C=O) groups is 1. The molecular weight excluding hydrogens is 234 g/mol. The number of likely N-dealkylation sites (N-methyl/N-ethyl adjacent to an activating group) is 1. The maximum absolute atomic E-state index is 12.3. The molecule has 94 valence electrons. The van der Waals surface area contributed by atoms with E-state index in [9.17, 15) is 4.79 Å². The molecule has 0 radical (unpaired) electrons. The second-order valence-corrected chi connectivity index (χ2v) is 5.26. The van der Waals surface area contributed by atoms with Gasteiger partial charge in [0.2, 0.25) is 5.91 Å². The van der Waals surface area contributed by atoms with E-state index in [0.717, 1.165) is 30.9 Å². The zero-order chi connectivity index (χ0) is 12.3. The van der Waals surface area contributed by atoms with Gasteiger partial charge in [0.25, 0.3) is 0 Å². The molecule has 2 rings (SSSR count). The molecule has 4 nitrogen and oxygen atoms in total. The fourth-order valence-corrected chi connectivity index (χ4v) is 3.00. The number of rotatable bonds is 4. The lowest BCUT2D eigenvalue weighted by atomic mass is 10.0. The summed E-state index contributed by atoms with van der Waals surface area (Å²) < 4.78 is 0. The van der Waals surface area contributed by atoms with Crippen LogP contribution in [0.15, 0.2) is 11.6 Å². The first-order valence-corrected chi connectivity index (χ1v) is 7.05. The van der Waals surface area contributed by atoms with E-state index in [-0.39, 0.29) is 18.0 Å². The molecule has 1 aromatic heterocycles. The van der Waals surface area contributed by atoms with Crippen LogP contribution in [0.3, 0.4) is 0 Å². The van der Waals surface area contributed by atoms with Gasteiger partial charge in [-0.2, -0.15) is 0 Å². The molecule has 1 fully saturated rings. The predicted molar refractivity (Wildman–Crippen MR) is 68.9 cm³/mol. The summed E-state index contributed by atoms with van der Waals surface area (Å²) in [5, 5.41) is 6.24. The minimum Gasteiger partial charge on any atom is -0.332 e. The maximum atomic E-state index is 12.3. The molecule has 0 aromatic carbocycles. The lowest BCUT2D eigenvalue weighted by molar-refractivity contribution is -0.138. The third-order valence-corrected chi connectivity index (χ3v) is 4.15. The summed E-state index contributed by atoms with van der Waals surface area (Å²) >= 11 is 1.62. The third kappa shape index (κ3) is 2.66. The quantitative estimate of drug-likeness (QED) is 0.890. The number of nitrogens with zero attached hydrogens (tertiary/aromatic N) is 2. The van der Waals surface area contributed by atoms with Gasteiger partial charge < -0.3 is 10.2 Å². The number of thiazole rings is 1. The molecule has 1 aliphatic rings. The molecule has 0 saturated carbocycles. The van der Waals surface area contributed by atoms with E-state index in [4.69, 9.17) is 0 Å². The standard InChI is InChI=1S/C12H19N3OS/c1-3-13-10-5-4-7-15(12(10)16)9(2)11-14-6-8-17-11/h6,8-10,13H,3-5,7H2,1-2H3. The van der Waals surface area contributed by atoms with Crippen molar-refractivity contribution in [1.29, 1.82) is 0 Å². The van der Waals surface area contributed by atoms with Gasteiger partial charge in [-0.1, -0.05) is 6.92 Å². The SMILES string of the molecule is CCNC1CCCN(C(C)c2nccs2)C1=O. The summed E-state index contributed by atoms with van der Waals surface area (Å²) in [7, 11) is 0. The van der Waals surface area contributed by atoms with Crippen molar-refractivity contribution >= 4 is 17.2 Å². The number of amides is 1. The van der Waals surface area contributed by atoms with E-state index in [1.807, 2.05) is 17.2 Å². The van der Waals surface area contributed by atoms with Gasteiger partial charge in [0.1, 0.15) is 5.01 Å². The largest absolute Gasteiger partial charge is 0.332 e. The van der Waals surface area contributed by atoms with Crippen molar-refractivity contribution in [3.8, 4) is 0 Å². The molecule has 1 N–H and O–H groups in total. The average molecular weight is 253 g/mol. The molecule has 1 aliphatic heterocycles. The zero-order valence-electron chi connectivity index (χ0n) is 10.3. The summed E-state index contributed by atoms with van der Waals surface area (Å²) in [6, 6.07) is 0.0973. The van der Waals surface area contributed by atoms with Crippen molar-refractivity contribution in [3.05, 3.63) is 16.6 Å². The van der Waals surface area contributed by atoms with Crippen LogP contribution in [0, 0.1) is 0 Å². The van der Waals surface area contributed by atoms with Crippen molar-refractivity contribution in [3.63, 3.8) is 0 Å². The van der Waals surface area contributed by atoms with Gasteiger partial charge in [0.15, 0.2) is 0 Å². The van der Waals surface area contributed by atoms with Crippen LogP contribution < -0.4 is 5.32 Å². The van der Waals surface area contributed by atoms with Crippen LogP contribution >= 0.6 is 11.3 Å². The highest BCUT2D eigenvalue weighted by molar-refractivity contribution is 7.09. The molecule has 5 heteroatoms. The van der Waals surface area contributed by atoms with E-state index >= 15 is 0 Å². The summed E-state index contributed by atoms with van der Waals surface area (Å²) in [6.07, 6.45) is 3.82. The molecule has 2 unspecified atom stereocenters. The summed E-state index contributed by atoms with van der Waals surface area (Å²) in [4.78, 5) is 18.5. The topological polar surface area (TPSA) is 45.2 Å². The second-order valence-electron chi connectivity index (χ2n) is 4.33. The second kappa shape index (κ2) is 5.60. The molecule has 0 aliphatic carbocycles. The Kier molecular flexibility index (Phi) is 4.12. The normalized spacial score (nSPS) is 22.8. The Balaban J connectivity index is 2.07. The van der Waals surface area contributed by atoms with Crippen molar-refractivity contribution in [2.75, 3.05) is 13.1 Å². The monoisotopic (exact) mass is 253 g/mol. The van der Waals surface area contributed by atoms with Crippen LogP contribution in [0.2, 0.25) is 0 Å². The van der Waals surface area contributed by atoms with Crippen LogP contribution in [0.25, 0.3) is 0 Å². The third-order valence-electron chi connectivity index (χ3n) is 3.20. The first-order valence-electron chi connectivity index (χ1n) is 6.17. The van der Waals surface area contributed by atoms with Gasteiger partial charge in [-0.15, -0.1) is 11.3 Å². The smallest absolute Gasteiger partial charge is 0.240 e. The van der Waals surface area contributed by atoms with E-state index < -0.39 is 0 Å². The van der Waals surface area contributed by atoms with Gasteiger partial charge in [0, 0.05) is 18.1 Å². The molecule has 1 saturated heterocycles. The van der Waals surface area contributed by atoms with Crippen molar-refractivity contribution in [1.82, 2.24) is 15.2 Å². The first kappa shape index (κ1) is 12.5. The van der Waals surface area contributed by atoms with E-state index in [2.05, 4.69) is 17.2 Å². The highest BCUT2D eigenvalue weighted by Gasteiger charge is 2.32. The van der Waals surface area contributed by atoms with Gasteiger partial charge in [-0.05, 0) is 26.3 Å². The highest BCUT2D eigenvalue weighted by Crippen LogP contribution is 2.26. The van der Waals surface area contributed by atoms with Gasteiger partial charge in [0.05, 0.1) is 12.1 Å². The highest BCUT2D eigenvalue weighted by atomic mass is 32.1. The summed E-state index contributed by atoms with van der Waals surface area (Å²) in [5.74, 6) is 0.223. The molecule has 17 heavy (non-hydrogen) atoms. The number of aromatic nitrogens is 1. The number of carbonyl (C=O) groups excluding carboxylic acids is 1. The van der Waals surface area contributed by atoms with Gasteiger partial charge in [-0.3, -0.25) is 4.79 Å². The Morgan fingerprint density at radius 1 is 1.71 bits per heavy atom. The van der Waals surface area contributed by atoms with Crippen molar-refractivity contribution < 1.29 is 4.79 Å². The Morgan fingerprint density at radius 2 is 2.53 bits per heavy atom. The van der Waals surface area contributed by atoms with E-state index in [1.165, 1.54) is 0 Å². The van der Waals surface area contributed by atoms with Crippen LogP contribution in [-0.2, 0) is 4.79 Å². The van der Waals surface area contributed by atoms with E-state index in [0.29, 0.717) is 0 Å². The zero-order valence-corrected chi connectivity index (χ0v) is 11.2. The Hall–Kier alpha value is -0.940. The molecular formula is C12H19N3OS. The van der Waals surface area contributed by atoms with Crippen LogP contribution in [0.4, 0.5) is 0 Å². The molecule has 2 heterocycles. The number of nitrogens with one attached hydrogen (secondary N) is 1. The Labute approximate surface area is 106 Å². The lowest BCUT2D eigenvalue weighted by Crippen LogP contribution is -2.51. The van der Waals surface area contributed by atoms with Gasteiger partial charge in [-0.25, -0.2) is 4.98 Å². The Bertz CT molecular complexity index is 364. The molecule has 0 spiro atoms. The fourth-order valence-electron chi connectivity index (χ4n) is 2.29. The molecule has 0 bridgehead atoms. The summed E-state index contributed by atoms with van der Waals surface area (Å²) in [5.41, 5.74) is 0. The van der Waals surface area contributed by atoms with Gasteiger partial charge >= 0.3 is 0 Å². The molecule has 1 aromatic rings. The number of likely N-dealkylation sites (tertiary alicyclic amines) is 1. The number of piperidine rings is 1. The van der Waals surface area contributed by atoms with Crippen molar-refractivity contribution in [2.24, 2.45) is 0 Å². The predicted octanol–water partition coefficient (Wildman–Crippen LogP) is 1.80. The minimum atomic E-state index is -0.00355. The van der Waals surface area contributed by atoms with E-state index in [1.54, 1.807) is 17.5 Å². The van der Waals surface area contributed by atoms with Crippen LogP contribution in [-0.4, -0.2) is 34.9 Å². The summed E-state index contributed by atoms with van der Waals surface area (Å²) in [6.45, 7) is 5.79. The molecule has 1 amide bonds. The maximum Gasteiger partial charge on any atom is 0.240 e.